The molecule has 0 saturated carbocycles. The van der Waals surface area contributed by atoms with Crippen LogP contribution in [-0.2, 0) is 24.1 Å². The van der Waals surface area contributed by atoms with Gasteiger partial charge in [-0.2, -0.15) is 0 Å². The number of aryl methyl sites for hydroxylation is 2. The predicted molar refractivity (Wildman–Crippen MR) is 95.9 cm³/mol. The molecule has 0 bridgehead atoms. The van der Waals surface area contributed by atoms with Crippen LogP contribution >= 0.6 is 23.1 Å². The quantitative estimate of drug-likeness (QED) is 0.624. The molecule has 2 aromatic rings. The lowest BCUT2D eigenvalue weighted by Crippen LogP contribution is -2.23. The van der Waals surface area contributed by atoms with Crippen LogP contribution in [0.25, 0.3) is 10.2 Å². The Kier molecular flexibility index (Phi) is 4.48. The third-order valence-electron chi connectivity index (χ3n) is 4.78. The van der Waals surface area contributed by atoms with Crippen LogP contribution in [0, 0.1) is 0 Å². The topological polar surface area (TPSA) is 44.1 Å². The second kappa shape index (κ2) is 6.57. The van der Waals surface area contributed by atoms with E-state index >= 15 is 0 Å². The Morgan fingerprint density at radius 2 is 2.22 bits per heavy atom. The highest BCUT2D eigenvalue weighted by Crippen LogP contribution is 2.35. The van der Waals surface area contributed by atoms with E-state index in [1.165, 1.54) is 23.3 Å². The molecule has 6 heteroatoms. The third-order valence-corrected chi connectivity index (χ3v) is 7.07. The number of thiophene rings is 1. The van der Waals surface area contributed by atoms with Crippen LogP contribution < -0.4 is 5.56 Å². The Labute approximate surface area is 144 Å². The molecule has 1 saturated heterocycles. The zero-order chi connectivity index (χ0) is 15.8. The highest BCUT2D eigenvalue weighted by atomic mass is 32.2. The van der Waals surface area contributed by atoms with Gasteiger partial charge in [-0.05, 0) is 51.0 Å². The summed E-state index contributed by atoms with van der Waals surface area (Å²) >= 11 is 3.41. The van der Waals surface area contributed by atoms with Crippen molar-refractivity contribution in [1.82, 2.24) is 9.55 Å². The third kappa shape index (κ3) is 2.85. The summed E-state index contributed by atoms with van der Waals surface area (Å²) in [4.78, 5) is 20.2. The van der Waals surface area contributed by atoms with Crippen LogP contribution in [0.3, 0.4) is 0 Å². The second-order valence-corrected chi connectivity index (χ2v) is 8.35. The summed E-state index contributed by atoms with van der Waals surface area (Å²) in [5.74, 6) is 0.892. The zero-order valence-corrected chi connectivity index (χ0v) is 15.1. The molecule has 0 spiro atoms. The number of hydrogen-bond acceptors (Lipinski definition) is 5. The molecule has 1 fully saturated rings. The van der Waals surface area contributed by atoms with Gasteiger partial charge in [0.1, 0.15) is 4.83 Å². The van der Waals surface area contributed by atoms with Crippen molar-refractivity contribution in [2.75, 3.05) is 12.4 Å². The molecular formula is C17H22N2O2S2. The molecule has 4 nitrogen and oxygen atoms in total. The summed E-state index contributed by atoms with van der Waals surface area (Å²) in [5.41, 5.74) is 1.44. The summed E-state index contributed by atoms with van der Waals surface area (Å²) in [7, 11) is 0. The smallest absolute Gasteiger partial charge is 0.263 e. The van der Waals surface area contributed by atoms with Gasteiger partial charge in [0.25, 0.3) is 5.56 Å². The van der Waals surface area contributed by atoms with Gasteiger partial charge in [-0.15, -0.1) is 11.3 Å². The highest BCUT2D eigenvalue weighted by Gasteiger charge is 2.23. The summed E-state index contributed by atoms with van der Waals surface area (Å²) in [6, 6.07) is 0. The van der Waals surface area contributed by atoms with E-state index in [0.29, 0.717) is 12.6 Å². The largest absolute Gasteiger partial charge is 0.377 e. The van der Waals surface area contributed by atoms with Gasteiger partial charge in [0.05, 0.1) is 11.5 Å². The molecule has 0 amide bonds. The van der Waals surface area contributed by atoms with E-state index in [2.05, 4.69) is 0 Å². The summed E-state index contributed by atoms with van der Waals surface area (Å²) < 4.78 is 7.55. The Balaban J connectivity index is 1.73. The van der Waals surface area contributed by atoms with Crippen molar-refractivity contribution in [3.63, 3.8) is 0 Å². The van der Waals surface area contributed by atoms with Gasteiger partial charge in [-0.1, -0.05) is 11.8 Å². The first kappa shape index (κ1) is 15.7. The van der Waals surface area contributed by atoms with E-state index in [9.17, 15) is 4.79 Å². The van der Waals surface area contributed by atoms with Gasteiger partial charge in [-0.25, -0.2) is 4.98 Å². The number of hydrogen-bond donors (Lipinski definition) is 0. The van der Waals surface area contributed by atoms with E-state index in [1.807, 2.05) is 11.5 Å². The Morgan fingerprint density at radius 3 is 3.00 bits per heavy atom. The Morgan fingerprint density at radius 1 is 1.35 bits per heavy atom. The molecule has 124 valence electrons. The van der Waals surface area contributed by atoms with E-state index in [1.54, 1.807) is 23.1 Å². The zero-order valence-electron chi connectivity index (χ0n) is 13.5. The van der Waals surface area contributed by atoms with Crippen molar-refractivity contribution >= 4 is 33.3 Å². The van der Waals surface area contributed by atoms with Crippen LogP contribution in [0.1, 0.15) is 43.0 Å². The lowest BCUT2D eigenvalue weighted by Gasteiger charge is -2.13. The Bertz CT molecular complexity index is 775. The number of aromatic nitrogens is 2. The standard InChI is InChI=1S/C17H22N2O2S2/c1-2-19-16(20)14-12-7-3-4-8-13(12)23-15(14)18-17(19)22-10-11-6-5-9-21-11/h11H,2-10H2,1H3/t11-/m1/s1. The van der Waals surface area contributed by atoms with Crippen LogP contribution in [-0.4, -0.2) is 28.0 Å². The molecule has 0 N–H and O–H groups in total. The molecule has 0 radical (unpaired) electrons. The first-order valence-electron chi connectivity index (χ1n) is 8.57. The second-order valence-electron chi connectivity index (χ2n) is 6.28. The maximum absolute atomic E-state index is 13.0. The number of ether oxygens (including phenoxy) is 1. The number of thioether (sulfide) groups is 1. The SMILES string of the molecule is CCn1c(SC[C@H]2CCCO2)nc2sc3c(c2c1=O)CCCC3. The van der Waals surface area contributed by atoms with Crippen LogP contribution in [0.15, 0.2) is 9.95 Å². The minimum absolute atomic E-state index is 0.159. The van der Waals surface area contributed by atoms with Crippen LogP contribution in [0.2, 0.25) is 0 Å². The van der Waals surface area contributed by atoms with Crippen molar-refractivity contribution in [1.29, 1.82) is 0 Å². The van der Waals surface area contributed by atoms with Crippen LogP contribution in [0.5, 0.6) is 0 Å². The number of rotatable bonds is 4. The number of fused-ring (bicyclic) bond motifs is 3. The average Bonchev–Trinajstić information content (AvgIpc) is 3.20. The van der Waals surface area contributed by atoms with Gasteiger partial charge in [-0.3, -0.25) is 9.36 Å². The molecule has 1 atom stereocenters. The molecule has 2 aromatic heterocycles. The normalized spacial score (nSPS) is 21.0. The van der Waals surface area contributed by atoms with Crippen molar-refractivity contribution in [3.05, 3.63) is 20.8 Å². The molecule has 0 unspecified atom stereocenters. The summed E-state index contributed by atoms with van der Waals surface area (Å²) in [5, 5.41) is 1.76. The van der Waals surface area contributed by atoms with Gasteiger partial charge in [0.2, 0.25) is 0 Å². The molecule has 3 heterocycles. The minimum atomic E-state index is 0.159. The summed E-state index contributed by atoms with van der Waals surface area (Å²) in [6.45, 7) is 3.58. The first-order valence-corrected chi connectivity index (χ1v) is 10.4. The van der Waals surface area contributed by atoms with E-state index < -0.39 is 0 Å². The van der Waals surface area contributed by atoms with Gasteiger partial charge < -0.3 is 4.74 Å². The molecule has 4 rings (SSSR count). The lowest BCUT2D eigenvalue weighted by molar-refractivity contribution is 0.129. The Hall–Kier alpha value is -0.850. The fraction of sp³-hybridized carbons (Fsp3) is 0.647. The molecule has 1 aliphatic carbocycles. The van der Waals surface area contributed by atoms with Gasteiger partial charge in [0, 0.05) is 23.8 Å². The fourth-order valence-electron chi connectivity index (χ4n) is 3.55. The molecule has 1 aliphatic heterocycles. The maximum Gasteiger partial charge on any atom is 0.263 e. The molecule has 2 aliphatic rings. The number of nitrogens with zero attached hydrogens (tertiary/aromatic N) is 2. The van der Waals surface area contributed by atoms with Crippen molar-refractivity contribution < 1.29 is 4.74 Å². The van der Waals surface area contributed by atoms with Gasteiger partial charge >= 0.3 is 0 Å². The molecule has 23 heavy (non-hydrogen) atoms. The van der Waals surface area contributed by atoms with Crippen molar-refractivity contribution in [3.8, 4) is 0 Å². The molecule has 0 aromatic carbocycles. The van der Waals surface area contributed by atoms with E-state index in [4.69, 9.17) is 9.72 Å². The first-order chi connectivity index (χ1) is 11.3. The van der Waals surface area contributed by atoms with Gasteiger partial charge in [0.15, 0.2) is 5.16 Å². The predicted octanol–water partition coefficient (Wildman–Crippen LogP) is 3.63. The average molecular weight is 351 g/mol. The van der Waals surface area contributed by atoms with Crippen molar-refractivity contribution in [2.24, 2.45) is 0 Å². The fourth-order valence-corrected chi connectivity index (χ4v) is 5.98. The minimum Gasteiger partial charge on any atom is -0.377 e. The monoisotopic (exact) mass is 350 g/mol. The van der Waals surface area contributed by atoms with Crippen LogP contribution in [0.4, 0.5) is 0 Å². The maximum atomic E-state index is 13.0. The van der Waals surface area contributed by atoms with E-state index in [0.717, 1.165) is 53.4 Å². The molecular weight excluding hydrogens is 328 g/mol. The lowest BCUT2D eigenvalue weighted by atomic mass is 9.97. The van der Waals surface area contributed by atoms with Crippen molar-refractivity contribution in [2.45, 2.75) is 63.3 Å². The highest BCUT2D eigenvalue weighted by molar-refractivity contribution is 7.99. The van der Waals surface area contributed by atoms with E-state index in [-0.39, 0.29) is 5.56 Å². The summed E-state index contributed by atoms with van der Waals surface area (Å²) in [6.07, 6.45) is 7.17.